The number of thioether (sulfide) groups is 1. The normalized spacial score (nSPS) is 20.6. The van der Waals surface area contributed by atoms with E-state index in [0.29, 0.717) is 6.04 Å². The van der Waals surface area contributed by atoms with Gasteiger partial charge in [-0.25, -0.2) is 0 Å². The highest BCUT2D eigenvalue weighted by molar-refractivity contribution is 9.10. The number of hydrogen-bond donors (Lipinski definition) is 0. The number of halogens is 2. The Morgan fingerprint density at radius 1 is 1.56 bits per heavy atom. The van der Waals surface area contributed by atoms with Crippen molar-refractivity contribution in [1.29, 1.82) is 0 Å². The van der Waals surface area contributed by atoms with Gasteiger partial charge in [0, 0.05) is 27.8 Å². The minimum absolute atomic E-state index is 0.713. The second-order valence-electron chi connectivity index (χ2n) is 4.17. The molecule has 0 saturated carbocycles. The fraction of sp³-hybridized carbons (Fsp3) is 0.500. The van der Waals surface area contributed by atoms with Crippen LogP contribution in [-0.2, 0) is 6.54 Å². The van der Waals surface area contributed by atoms with E-state index in [1.807, 2.05) is 17.8 Å². The van der Waals surface area contributed by atoms with E-state index in [0.717, 1.165) is 16.0 Å². The third-order valence-corrected chi connectivity index (χ3v) is 4.95. The number of hydrogen-bond acceptors (Lipinski definition) is 2. The molecule has 1 saturated heterocycles. The van der Waals surface area contributed by atoms with Gasteiger partial charge in [-0.1, -0.05) is 33.6 Å². The van der Waals surface area contributed by atoms with Gasteiger partial charge >= 0.3 is 0 Å². The molecule has 0 N–H and O–H groups in total. The summed E-state index contributed by atoms with van der Waals surface area (Å²) in [6.45, 7) is 0.942. The Morgan fingerprint density at radius 3 is 3.00 bits per heavy atom. The zero-order chi connectivity index (χ0) is 11.5. The highest BCUT2D eigenvalue weighted by atomic mass is 79.9. The predicted octanol–water partition coefficient (Wildman–Crippen LogP) is 4.04. The average molecular weight is 321 g/mol. The van der Waals surface area contributed by atoms with Crippen LogP contribution in [0.3, 0.4) is 0 Å². The average Bonchev–Trinajstić information content (AvgIpc) is 2.75. The van der Waals surface area contributed by atoms with Gasteiger partial charge in [-0.15, -0.1) is 0 Å². The Hall–Kier alpha value is 0.300. The molecule has 0 bridgehead atoms. The monoisotopic (exact) mass is 319 g/mol. The fourth-order valence-corrected chi connectivity index (χ4v) is 3.95. The first-order chi connectivity index (χ1) is 7.66. The SMILES string of the molecule is CN(Cc1ccc(Br)cc1Cl)C1CCSC1. The van der Waals surface area contributed by atoms with Gasteiger partial charge in [0.25, 0.3) is 0 Å². The molecule has 1 atom stereocenters. The van der Waals surface area contributed by atoms with Crippen LogP contribution in [0.5, 0.6) is 0 Å². The van der Waals surface area contributed by atoms with E-state index in [1.165, 1.54) is 23.5 Å². The van der Waals surface area contributed by atoms with Gasteiger partial charge in [-0.2, -0.15) is 11.8 Å². The van der Waals surface area contributed by atoms with E-state index < -0.39 is 0 Å². The zero-order valence-corrected chi connectivity index (χ0v) is 12.4. The van der Waals surface area contributed by atoms with Crippen molar-refractivity contribution in [2.75, 3.05) is 18.6 Å². The van der Waals surface area contributed by atoms with Gasteiger partial charge in [0.15, 0.2) is 0 Å². The number of rotatable bonds is 3. The Labute approximate surface area is 115 Å². The lowest BCUT2D eigenvalue weighted by Gasteiger charge is -2.23. The molecule has 1 aliphatic heterocycles. The Bertz CT molecular complexity index is 366. The van der Waals surface area contributed by atoms with E-state index in [2.05, 4.69) is 40.0 Å². The smallest absolute Gasteiger partial charge is 0.0462 e. The molecule has 1 aromatic carbocycles. The summed E-state index contributed by atoms with van der Waals surface area (Å²) in [5, 5.41) is 0.854. The molecule has 1 nitrogen and oxygen atoms in total. The predicted molar refractivity (Wildman–Crippen MR) is 76.3 cm³/mol. The maximum absolute atomic E-state index is 6.22. The van der Waals surface area contributed by atoms with Crippen LogP contribution in [0.25, 0.3) is 0 Å². The first-order valence-electron chi connectivity index (χ1n) is 5.39. The van der Waals surface area contributed by atoms with E-state index >= 15 is 0 Å². The molecule has 1 unspecified atom stereocenters. The molecule has 1 aliphatic rings. The molecule has 1 fully saturated rings. The number of nitrogens with zero attached hydrogens (tertiary/aromatic N) is 1. The van der Waals surface area contributed by atoms with Crippen molar-refractivity contribution in [1.82, 2.24) is 4.90 Å². The summed E-state index contributed by atoms with van der Waals surface area (Å²) < 4.78 is 1.04. The highest BCUT2D eigenvalue weighted by Crippen LogP contribution is 2.26. The first-order valence-corrected chi connectivity index (χ1v) is 7.71. The zero-order valence-electron chi connectivity index (χ0n) is 9.25. The third kappa shape index (κ3) is 3.16. The van der Waals surface area contributed by atoms with E-state index in [4.69, 9.17) is 11.6 Å². The van der Waals surface area contributed by atoms with Crippen molar-refractivity contribution in [3.8, 4) is 0 Å². The van der Waals surface area contributed by atoms with Gasteiger partial charge in [0.2, 0.25) is 0 Å². The molecule has 0 aliphatic carbocycles. The van der Waals surface area contributed by atoms with Crippen molar-refractivity contribution >= 4 is 39.3 Å². The van der Waals surface area contributed by atoms with Crippen molar-refractivity contribution < 1.29 is 0 Å². The van der Waals surface area contributed by atoms with Crippen molar-refractivity contribution in [2.24, 2.45) is 0 Å². The summed E-state index contributed by atoms with van der Waals surface area (Å²) in [5.41, 5.74) is 1.21. The molecular weight excluding hydrogens is 306 g/mol. The second kappa shape index (κ2) is 5.76. The lowest BCUT2D eigenvalue weighted by atomic mass is 10.1. The quantitative estimate of drug-likeness (QED) is 0.827. The molecule has 2 rings (SSSR count). The van der Waals surface area contributed by atoms with Crippen LogP contribution < -0.4 is 0 Å². The summed E-state index contributed by atoms with van der Waals surface area (Å²) in [6, 6.07) is 6.84. The van der Waals surface area contributed by atoms with Gasteiger partial charge in [0.1, 0.15) is 0 Å². The molecule has 0 spiro atoms. The molecular formula is C12H15BrClNS. The Morgan fingerprint density at radius 2 is 2.38 bits per heavy atom. The topological polar surface area (TPSA) is 3.24 Å². The standard InChI is InChI=1S/C12H15BrClNS/c1-15(11-4-5-16-8-11)7-9-2-3-10(13)6-12(9)14/h2-3,6,11H,4-5,7-8H2,1H3. The van der Waals surface area contributed by atoms with Crippen LogP contribution in [-0.4, -0.2) is 29.5 Å². The van der Waals surface area contributed by atoms with Crippen LogP contribution in [0.2, 0.25) is 5.02 Å². The Balaban J connectivity index is 2.02. The van der Waals surface area contributed by atoms with E-state index in [1.54, 1.807) is 0 Å². The maximum Gasteiger partial charge on any atom is 0.0462 e. The van der Waals surface area contributed by atoms with Crippen LogP contribution in [0.1, 0.15) is 12.0 Å². The summed E-state index contributed by atoms with van der Waals surface area (Å²) in [5.74, 6) is 2.55. The summed E-state index contributed by atoms with van der Waals surface area (Å²) >= 11 is 11.7. The minimum atomic E-state index is 0.713. The highest BCUT2D eigenvalue weighted by Gasteiger charge is 2.20. The summed E-state index contributed by atoms with van der Waals surface area (Å²) in [7, 11) is 2.19. The van der Waals surface area contributed by atoms with Crippen LogP contribution in [0.15, 0.2) is 22.7 Å². The molecule has 0 amide bonds. The van der Waals surface area contributed by atoms with Crippen molar-refractivity contribution in [3.63, 3.8) is 0 Å². The molecule has 1 aromatic rings. The fourth-order valence-electron chi connectivity index (χ4n) is 1.92. The van der Waals surface area contributed by atoms with Crippen LogP contribution >= 0.6 is 39.3 Å². The lowest BCUT2D eigenvalue weighted by molar-refractivity contribution is 0.254. The largest absolute Gasteiger partial charge is 0.298 e. The summed E-state index contributed by atoms with van der Waals surface area (Å²) in [6.07, 6.45) is 1.30. The Kier molecular flexibility index (Phi) is 4.59. The third-order valence-electron chi connectivity index (χ3n) is 2.96. The maximum atomic E-state index is 6.22. The molecule has 0 radical (unpaired) electrons. The molecule has 88 valence electrons. The van der Waals surface area contributed by atoms with Gasteiger partial charge in [0.05, 0.1) is 0 Å². The van der Waals surface area contributed by atoms with Crippen LogP contribution in [0, 0.1) is 0 Å². The van der Waals surface area contributed by atoms with Gasteiger partial charge < -0.3 is 0 Å². The molecule has 0 aromatic heterocycles. The van der Waals surface area contributed by atoms with Crippen molar-refractivity contribution in [2.45, 2.75) is 19.0 Å². The molecule has 4 heteroatoms. The van der Waals surface area contributed by atoms with Crippen molar-refractivity contribution in [3.05, 3.63) is 33.3 Å². The molecule has 1 heterocycles. The van der Waals surface area contributed by atoms with E-state index in [9.17, 15) is 0 Å². The first kappa shape index (κ1) is 12.7. The van der Waals surface area contributed by atoms with Gasteiger partial charge in [-0.3, -0.25) is 4.90 Å². The summed E-state index contributed by atoms with van der Waals surface area (Å²) in [4.78, 5) is 2.41. The van der Waals surface area contributed by atoms with Crippen LogP contribution in [0.4, 0.5) is 0 Å². The molecule has 16 heavy (non-hydrogen) atoms. The van der Waals surface area contributed by atoms with E-state index in [-0.39, 0.29) is 0 Å². The number of benzene rings is 1. The lowest BCUT2D eigenvalue weighted by Crippen LogP contribution is -2.30. The minimum Gasteiger partial charge on any atom is -0.298 e. The second-order valence-corrected chi connectivity index (χ2v) is 6.64. The van der Waals surface area contributed by atoms with Gasteiger partial charge in [-0.05, 0) is 36.9 Å².